The zero-order valence-corrected chi connectivity index (χ0v) is 15.8. The molecule has 0 aliphatic carbocycles. The first-order valence-electron chi connectivity index (χ1n) is 8.27. The Kier molecular flexibility index (Phi) is 5.23. The van der Waals surface area contributed by atoms with Gasteiger partial charge < -0.3 is 20.3 Å². The van der Waals surface area contributed by atoms with Crippen molar-refractivity contribution in [2.24, 2.45) is 0 Å². The minimum atomic E-state index is -0.311. The maximum Gasteiger partial charge on any atom is 0.255 e. The monoisotopic (exact) mass is 367 g/mol. The van der Waals surface area contributed by atoms with Crippen LogP contribution < -0.4 is 15.4 Å². The standard InChI is InChI=1S/C20H21N3O2S/c1-13-17(19(24)21-15-11-7-8-12-16(15)25-3)18(22-20(26)23(13)2)14-9-5-4-6-10-14/h4-12,18H,1-3H3,(H,21,24)(H,22,26). The molecule has 2 N–H and O–H groups in total. The molecule has 1 atom stereocenters. The van der Waals surface area contributed by atoms with Gasteiger partial charge in [0.2, 0.25) is 0 Å². The third-order valence-corrected chi connectivity index (χ3v) is 4.88. The minimum Gasteiger partial charge on any atom is -0.495 e. The first-order chi connectivity index (χ1) is 12.5. The molecule has 1 unspecified atom stereocenters. The average Bonchev–Trinajstić information content (AvgIpc) is 2.66. The van der Waals surface area contributed by atoms with E-state index in [4.69, 9.17) is 17.0 Å². The number of nitrogens with zero attached hydrogens (tertiary/aromatic N) is 1. The Balaban J connectivity index is 2.00. The largest absolute Gasteiger partial charge is 0.495 e. The summed E-state index contributed by atoms with van der Waals surface area (Å²) in [7, 11) is 3.43. The number of carbonyl (C=O) groups excluding carboxylic acids is 1. The van der Waals surface area contributed by atoms with Crippen LogP contribution in [-0.4, -0.2) is 30.1 Å². The molecule has 1 aliphatic heterocycles. The molecule has 3 rings (SSSR count). The van der Waals surface area contributed by atoms with Crippen molar-refractivity contribution in [1.82, 2.24) is 10.2 Å². The van der Waals surface area contributed by atoms with E-state index >= 15 is 0 Å². The third-order valence-electron chi connectivity index (χ3n) is 4.49. The molecule has 1 aliphatic rings. The summed E-state index contributed by atoms with van der Waals surface area (Å²) in [5, 5.41) is 6.82. The quantitative estimate of drug-likeness (QED) is 0.811. The minimum absolute atomic E-state index is 0.192. The number of amides is 1. The zero-order valence-electron chi connectivity index (χ0n) is 14.9. The summed E-state index contributed by atoms with van der Waals surface area (Å²) < 4.78 is 5.33. The Morgan fingerprint density at radius 2 is 1.81 bits per heavy atom. The topological polar surface area (TPSA) is 53.6 Å². The number of anilines is 1. The van der Waals surface area contributed by atoms with Crippen LogP contribution in [0.3, 0.4) is 0 Å². The van der Waals surface area contributed by atoms with Crippen LogP contribution in [0.1, 0.15) is 18.5 Å². The van der Waals surface area contributed by atoms with Crippen molar-refractivity contribution >= 4 is 28.9 Å². The van der Waals surface area contributed by atoms with Crippen LogP contribution in [0.15, 0.2) is 65.9 Å². The smallest absolute Gasteiger partial charge is 0.255 e. The Morgan fingerprint density at radius 3 is 2.50 bits per heavy atom. The molecular formula is C20H21N3O2S. The van der Waals surface area contributed by atoms with Gasteiger partial charge in [-0.25, -0.2) is 0 Å². The molecule has 0 bridgehead atoms. The van der Waals surface area contributed by atoms with Crippen molar-refractivity contribution in [3.8, 4) is 5.75 Å². The fourth-order valence-electron chi connectivity index (χ4n) is 2.96. The Morgan fingerprint density at radius 1 is 1.15 bits per heavy atom. The van der Waals surface area contributed by atoms with E-state index in [9.17, 15) is 4.79 Å². The number of ether oxygens (including phenoxy) is 1. The van der Waals surface area contributed by atoms with Crippen molar-refractivity contribution in [1.29, 1.82) is 0 Å². The summed E-state index contributed by atoms with van der Waals surface area (Å²) in [5.74, 6) is 0.422. The third kappa shape index (κ3) is 3.41. The van der Waals surface area contributed by atoms with Crippen LogP contribution >= 0.6 is 12.2 Å². The molecule has 0 aromatic heterocycles. The van der Waals surface area contributed by atoms with E-state index in [0.29, 0.717) is 22.1 Å². The van der Waals surface area contributed by atoms with Gasteiger partial charge in [0.25, 0.3) is 5.91 Å². The van der Waals surface area contributed by atoms with E-state index in [-0.39, 0.29) is 11.9 Å². The summed E-state index contributed by atoms with van der Waals surface area (Å²) >= 11 is 5.42. The summed E-state index contributed by atoms with van der Waals surface area (Å²) in [6.07, 6.45) is 0. The molecule has 5 nitrogen and oxygen atoms in total. The molecule has 1 amide bonds. The lowest BCUT2D eigenvalue weighted by molar-refractivity contribution is -0.113. The second-order valence-corrected chi connectivity index (χ2v) is 6.39. The number of allylic oxidation sites excluding steroid dienone is 1. The molecule has 2 aromatic carbocycles. The van der Waals surface area contributed by atoms with Gasteiger partial charge in [-0.2, -0.15) is 0 Å². The zero-order chi connectivity index (χ0) is 18.7. The van der Waals surface area contributed by atoms with Gasteiger partial charge in [0.1, 0.15) is 5.75 Å². The summed E-state index contributed by atoms with van der Waals surface area (Å²) in [5.41, 5.74) is 3.04. The van der Waals surface area contributed by atoms with Gasteiger partial charge >= 0.3 is 0 Å². The first kappa shape index (κ1) is 17.9. The van der Waals surface area contributed by atoms with Crippen LogP contribution in [0.4, 0.5) is 5.69 Å². The SMILES string of the molecule is COc1ccccc1NC(=O)C1=C(C)N(C)C(=S)NC1c1ccccc1. The average molecular weight is 367 g/mol. The second-order valence-electron chi connectivity index (χ2n) is 6.01. The molecule has 0 fully saturated rings. The van der Waals surface area contributed by atoms with Gasteiger partial charge in [-0.05, 0) is 36.8 Å². The van der Waals surface area contributed by atoms with Crippen LogP contribution in [0.2, 0.25) is 0 Å². The highest BCUT2D eigenvalue weighted by atomic mass is 32.1. The van der Waals surface area contributed by atoms with E-state index in [2.05, 4.69) is 10.6 Å². The van der Waals surface area contributed by atoms with Crippen LogP contribution in [0.5, 0.6) is 5.75 Å². The van der Waals surface area contributed by atoms with E-state index in [1.54, 1.807) is 7.11 Å². The Labute approximate surface area is 158 Å². The fraction of sp³-hybridized carbons (Fsp3) is 0.200. The van der Waals surface area contributed by atoms with Gasteiger partial charge in [0.05, 0.1) is 24.4 Å². The molecule has 0 saturated heterocycles. The van der Waals surface area contributed by atoms with Gasteiger partial charge in [-0.1, -0.05) is 42.5 Å². The maximum absolute atomic E-state index is 13.1. The van der Waals surface area contributed by atoms with E-state index in [1.807, 2.05) is 73.5 Å². The fourth-order valence-corrected chi connectivity index (χ4v) is 3.22. The second kappa shape index (κ2) is 7.58. The van der Waals surface area contributed by atoms with Gasteiger partial charge in [-0.15, -0.1) is 0 Å². The van der Waals surface area contributed by atoms with Crippen LogP contribution in [-0.2, 0) is 4.79 Å². The number of thiocarbonyl (C=S) groups is 1. The van der Waals surface area contributed by atoms with Crippen LogP contribution in [0, 0.1) is 0 Å². The van der Waals surface area contributed by atoms with Crippen molar-refractivity contribution in [3.05, 3.63) is 71.4 Å². The number of methoxy groups -OCH3 is 1. The summed E-state index contributed by atoms with van der Waals surface area (Å²) in [4.78, 5) is 15.0. The lowest BCUT2D eigenvalue weighted by atomic mass is 9.94. The summed E-state index contributed by atoms with van der Waals surface area (Å²) in [6.45, 7) is 1.90. The molecular weight excluding hydrogens is 346 g/mol. The molecule has 0 saturated carbocycles. The lowest BCUT2D eigenvalue weighted by Gasteiger charge is -2.35. The number of rotatable bonds is 4. The molecule has 26 heavy (non-hydrogen) atoms. The van der Waals surface area contributed by atoms with Crippen molar-refractivity contribution in [2.45, 2.75) is 13.0 Å². The molecule has 2 aromatic rings. The van der Waals surface area contributed by atoms with Crippen LogP contribution in [0.25, 0.3) is 0 Å². The van der Waals surface area contributed by atoms with Crippen molar-refractivity contribution < 1.29 is 9.53 Å². The first-order valence-corrected chi connectivity index (χ1v) is 8.68. The van der Waals surface area contributed by atoms with Crippen molar-refractivity contribution in [3.63, 3.8) is 0 Å². The predicted molar refractivity (Wildman–Crippen MR) is 107 cm³/mol. The molecule has 1 heterocycles. The van der Waals surface area contributed by atoms with Gasteiger partial charge in [0, 0.05) is 12.7 Å². The lowest BCUT2D eigenvalue weighted by Crippen LogP contribution is -2.46. The summed E-state index contributed by atoms with van der Waals surface area (Å²) in [6, 6.07) is 16.8. The number of benzene rings is 2. The molecule has 0 radical (unpaired) electrons. The highest BCUT2D eigenvalue weighted by Crippen LogP contribution is 2.32. The number of para-hydroxylation sites is 2. The number of carbonyl (C=O) groups is 1. The van der Waals surface area contributed by atoms with Gasteiger partial charge in [-0.3, -0.25) is 4.79 Å². The number of hydrogen-bond donors (Lipinski definition) is 2. The van der Waals surface area contributed by atoms with E-state index < -0.39 is 0 Å². The molecule has 6 heteroatoms. The molecule has 0 spiro atoms. The van der Waals surface area contributed by atoms with Gasteiger partial charge in [0.15, 0.2) is 5.11 Å². The van der Waals surface area contributed by atoms with E-state index in [1.165, 1.54) is 0 Å². The highest BCUT2D eigenvalue weighted by Gasteiger charge is 2.32. The predicted octanol–water partition coefficient (Wildman–Crippen LogP) is 3.47. The van der Waals surface area contributed by atoms with Crippen molar-refractivity contribution in [2.75, 3.05) is 19.5 Å². The Bertz CT molecular complexity index is 864. The number of nitrogens with one attached hydrogen (secondary N) is 2. The molecule has 134 valence electrons. The number of hydrogen-bond acceptors (Lipinski definition) is 3. The Hall–Kier alpha value is -2.86. The maximum atomic E-state index is 13.1. The van der Waals surface area contributed by atoms with E-state index in [0.717, 1.165) is 11.3 Å². The highest BCUT2D eigenvalue weighted by molar-refractivity contribution is 7.80. The normalized spacial score (nSPS) is 17.0.